The van der Waals surface area contributed by atoms with Gasteiger partial charge < -0.3 is 9.84 Å². The van der Waals surface area contributed by atoms with Gasteiger partial charge in [0.15, 0.2) is 0 Å². The van der Waals surface area contributed by atoms with Gasteiger partial charge in [0.25, 0.3) is 0 Å². The normalized spacial score (nSPS) is 11.3. The zero-order chi connectivity index (χ0) is 17.6. The number of carbonyl (C=O) groups excluding carboxylic acids is 1. The summed E-state index contributed by atoms with van der Waals surface area (Å²) in [6.45, 7) is 6.74. The molecular formula is C18H25N3O3. The van der Waals surface area contributed by atoms with Crippen molar-refractivity contribution >= 4 is 11.9 Å². The van der Waals surface area contributed by atoms with E-state index in [9.17, 15) is 9.90 Å². The van der Waals surface area contributed by atoms with E-state index >= 15 is 0 Å². The Labute approximate surface area is 142 Å². The first-order chi connectivity index (χ1) is 11.5. The molecule has 0 aliphatic heterocycles. The maximum absolute atomic E-state index is 12.0. The summed E-state index contributed by atoms with van der Waals surface area (Å²) in [5.74, 6) is 0.527. The van der Waals surface area contributed by atoms with E-state index in [0.29, 0.717) is 12.4 Å². The number of benzene rings is 1. The minimum absolute atomic E-state index is 0.0542. The number of rotatable bonds is 7. The number of aliphatic hydroxyl groups is 1. The van der Waals surface area contributed by atoms with E-state index in [2.05, 4.69) is 31.2 Å². The van der Waals surface area contributed by atoms with Crippen molar-refractivity contribution in [2.24, 2.45) is 0 Å². The highest BCUT2D eigenvalue weighted by Gasteiger charge is 2.24. The van der Waals surface area contributed by atoms with Crippen LogP contribution in [0.2, 0.25) is 0 Å². The lowest BCUT2D eigenvalue weighted by molar-refractivity contribution is 0.154. The Kier molecular flexibility index (Phi) is 5.98. The number of aromatic nitrogens is 2. The van der Waals surface area contributed by atoms with Crippen molar-refractivity contribution in [2.75, 3.05) is 11.9 Å². The first-order valence-corrected chi connectivity index (χ1v) is 8.13. The fourth-order valence-corrected chi connectivity index (χ4v) is 2.16. The van der Waals surface area contributed by atoms with Gasteiger partial charge in [-0.3, -0.25) is 5.32 Å². The second kappa shape index (κ2) is 7.97. The van der Waals surface area contributed by atoms with Crippen LogP contribution in [0.4, 0.5) is 10.6 Å². The van der Waals surface area contributed by atoms with Gasteiger partial charge in [0, 0.05) is 11.5 Å². The van der Waals surface area contributed by atoms with Crippen molar-refractivity contribution in [2.45, 2.75) is 45.8 Å². The number of nitrogens with one attached hydrogen (secondary N) is 1. The molecule has 2 aromatic rings. The lowest BCUT2D eigenvalue weighted by Crippen LogP contribution is -2.18. The van der Waals surface area contributed by atoms with Gasteiger partial charge in [-0.25, -0.2) is 9.48 Å². The topological polar surface area (TPSA) is 76.4 Å². The molecule has 6 heteroatoms. The van der Waals surface area contributed by atoms with Crippen molar-refractivity contribution < 1.29 is 14.6 Å². The number of nitrogens with zero attached hydrogens (tertiary/aromatic N) is 2. The van der Waals surface area contributed by atoms with Gasteiger partial charge in [-0.1, -0.05) is 51.1 Å². The van der Waals surface area contributed by atoms with E-state index in [-0.39, 0.29) is 18.6 Å². The monoisotopic (exact) mass is 331 g/mol. The minimum atomic E-state index is -0.543. The number of hydrogen-bond acceptors (Lipinski definition) is 4. The molecule has 24 heavy (non-hydrogen) atoms. The van der Waals surface area contributed by atoms with Crippen LogP contribution in [0.15, 0.2) is 36.4 Å². The molecular weight excluding hydrogens is 306 g/mol. The molecule has 2 N–H and O–H groups in total. The van der Waals surface area contributed by atoms with Gasteiger partial charge in [0.1, 0.15) is 12.4 Å². The zero-order valence-electron chi connectivity index (χ0n) is 14.5. The maximum atomic E-state index is 12.0. The number of hydrogen-bond donors (Lipinski definition) is 2. The molecule has 0 aliphatic carbocycles. The average Bonchev–Trinajstić information content (AvgIpc) is 2.98. The number of carbonyl (C=O) groups is 1. The summed E-state index contributed by atoms with van der Waals surface area (Å²) in [5.41, 5.74) is 1.69. The molecule has 0 spiro atoms. The molecule has 1 amide bonds. The molecule has 0 atom stereocenters. The Morgan fingerprint density at radius 2 is 2.04 bits per heavy atom. The highest BCUT2D eigenvalue weighted by atomic mass is 16.5. The van der Waals surface area contributed by atoms with E-state index in [0.717, 1.165) is 17.7 Å². The van der Waals surface area contributed by atoms with Crippen LogP contribution in [-0.2, 0) is 23.3 Å². The molecule has 1 aromatic carbocycles. The van der Waals surface area contributed by atoms with Crippen LogP contribution in [-0.4, -0.2) is 27.6 Å². The standard InChI is InChI=1S/C18H25N3O3/c1-4-18(2,3)15-12-16(21(20-15)10-11-22)19-17(23)24-13-14-8-6-5-7-9-14/h5-9,12,22H,4,10-11,13H2,1-3H3,(H,19,23). The van der Waals surface area contributed by atoms with Gasteiger partial charge in [0.2, 0.25) is 0 Å². The second-order valence-electron chi connectivity index (χ2n) is 6.29. The predicted molar refractivity (Wildman–Crippen MR) is 92.9 cm³/mol. The van der Waals surface area contributed by atoms with Crippen LogP contribution in [0.3, 0.4) is 0 Å². The van der Waals surface area contributed by atoms with Crippen molar-refractivity contribution in [1.82, 2.24) is 9.78 Å². The minimum Gasteiger partial charge on any atom is -0.444 e. The molecule has 0 unspecified atom stereocenters. The molecule has 1 aromatic heterocycles. The fourth-order valence-electron chi connectivity index (χ4n) is 2.16. The van der Waals surface area contributed by atoms with Crippen LogP contribution < -0.4 is 5.32 Å². The van der Waals surface area contributed by atoms with Crippen molar-refractivity contribution in [3.8, 4) is 0 Å². The molecule has 2 rings (SSSR count). The van der Waals surface area contributed by atoms with Gasteiger partial charge >= 0.3 is 6.09 Å². The Morgan fingerprint density at radius 3 is 2.67 bits per heavy atom. The van der Waals surface area contributed by atoms with Crippen molar-refractivity contribution in [1.29, 1.82) is 0 Å². The number of aliphatic hydroxyl groups excluding tert-OH is 1. The van der Waals surface area contributed by atoms with Gasteiger partial charge in [-0.2, -0.15) is 5.10 Å². The molecule has 0 fully saturated rings. The van der Waals surface area contributed by atoms with E-state index in [4.69, 9.17) is 4.74 Å². The average molecular weight is 331 g/mol. The molecule has 130 valence electrons. The molecule has 0 aliphatic rings. The third-order valence-corrected chi connectivity index (χ3v) is 4.11. The molecule has 0 bridgehead atoms. The van der Waals surface area contributed by atoms with Crippen LogP contribution >= 0.6 is 0 Å². The quantitative estimate of drug-likeness (QED) is 0.816. The Bertz CT molecular complexity index is 665. The summed E-state index contributed by atoms with van der Waals surface area (Å²) < 4.78 is 6.83. The SMILES string of the molecule is CCC(C)(C)c1cc(NC(=O)OCc2ccccc2)n(CCO)n1. The zero-order valence-corrected chi connectivity index (χ0v) is 14.5. The summed E-state index contributed by atoms with van der Waals surface area (Å²) in [6.07, 6.45) is 0.375. The highest BCUT2D eigenvalue weighted by molar-refractivity contribution is 5.83. The molecule has 0 saturated carbocycles. The van der Waals surface area contributed by atoms with Gasteiger partial charge in [-0.15, -0.1) is 0 Å². The van der Waals surface area contributed by atoms with Gasteiger partial charge in [-0.05, 0) is 12.0 Å². The number of anilines is 1. The van der Waals surface area contributed by atoms with Gasteiger partial charge in [0.05, 0.1) is 18.8 Å². The maximum Gasteiger partial charge on any atom is 0.413 e. The molecule has 0 radical (unpaired) electrons. The lowest BCUT2D eigenvalue weighted by atomic mass is 9.87. The fraction of sp³-hybridized carbons (Fsp3) is 0.444. The summed E-state index contributed by atoms with van der Waals surface area (Å²) in [4.78, 5) is 12.0. The molecule has 0 saturated heterocycles. The summed E-state index contributed by atoms with van der Waals surface area (Å²) in [5, 5.41) is 16.4. The Hall–Kier alpha value is -2.34. The Balaban J connectivity index is 2.05. The first-order valence-electron chi connectivity index (χ1n) is 8.13. The van der Waals surface area contributed by atoms with Crippen LogP contribution in [0.1, 0.15) is 38.4 Å². The van der Waals surface area contributed by atoms with Crippen molar-refractivity contribution in [3.63, 3.8) is 0 Å². The van der Waals surface area contributed by atoms with E-state index in [1.54, 1.807) is 4.68 Å². The summed E-state index contributed by atoms with van der Waals surface area (Å²) >= 11 is 0. The number of amides is 1. The predicted octanol–water partition coefficient (Wildman–Crippen LogP) is 3.31. The number of ether oxygens (including phenoxy) is 1. The van der Waals surface area contributed by atoms with E-state index < -0.39 is 6.09 Å². The third kappa shape index (κ3) is 4.58. The van der Waals surface area contributed by atoms with Crippen LogP contribution in [0.25, 0.3) is 0 Å². The Morgan fingerprint density at radius 1 is 1.33 bits per heavy atom. The highest BCUT2D eigenvalue weighted by Crippen LogP contribution is 2.27. The smallest absolute Gasteiger partial charge is 0.413 e. The summed E-state index contributed by atoms with van der Waals surface area (Å²) in [7, 11) is 0. The summed E-state index contributed by atoms with van der Waals surface area (Å²) in [6, 6.07) is 11.3. The van der Waals surface area contributed by atoms with E-state index in [1.165, 1.54) is 0 Å². The largest absolute Gasteiger partial charge is 0.444 e. The van der Waals surface area contributed by atoms with Crippen molar-refractivity contribution in [3.05, 3.63) is 47.7 Å². The van der Waals surface area contributed by atoms with E-state index in [1.807, 2.05) is 36.4 Å². The second-order valence-corrected chi connectivity index (χ2v) is 6.29. The molecule has 6 nitrogen and oxygen atoms in total. The van der Waals surface area contributed by atoms with Crippen LogP contribution in [0, 0.1) is 0 Å². The third-order valence-electron chi connectivity index (χ3n) is 4.11. The lowest BCUT2D eigenvalue weighted by Gasteiger charge is -2.19. The molecule has 1 heterocycles. The first kappa shape index (κ1) is 18.0. The van der Waals surface area contributed by atoms with Crippen LogP contribution in [0.5, 0.6) is 0 Å².